The Bertz CT molecular complexity index is 358. The second-order valence-corrected chi connectivity index (χ2v) is 5.05. The molecule has 1 aromatic heterocycles. The Morgan fingerprint density at radius 1 is 1.69 bits per heavy atom. The minimum Gasteiger partial charge on any atom is -0.348 e. The molecule has 1 aliphatic rings. The normalized spacial score (nSPS) is 20.7. The fourth-order valence-corrected chi connectivity index (χ4v) is 2.56. The number of piperidine rings is 1. The van der Waals surface area contributed by atoms with Crippen LogP contribution < -0.4 is 10.6 Å². The number of thiazole rings is 1. The minimum atomic E-state index is -0.00481. The first kappa shape index (κ1) is 11.5. The quantitative estimate of drug-likeness (QED) is 0.833. The zero-order valence-corrected chi connectivity index (χ0v) is 10.3. The molecule has 1 atom stereocenters. The van der Waals surface area contributed by atoms with Crippen LogP contribution in [-0.2, 0) is 11.3 Å². The van der Waals surface area contributed by atoms with E-state index in [0.29, 0.717) is 6.54 Å². The van der Waals surface area contributed by atoms with Gasteiger partial charge in [-0.05, 0) is 26.3 Å². The van der Waals surface area contributed by atoms with Gasteiger partial charge < -0.3 is 10.6 Å². The van der Waals surface area contributed by atoms with Gasteiger partial charge in [-0.25, -0.2) is 4.98 Å². The summed E-state index contributed by atoms with van der Waals surface area (Å²) in [5, 5.41) is 9.13. The van der Waals surface area contributed by atoms with E-state index < -0.39 is 0 Å². The van der Waals surface area contributed by atoms with Gasteiger partial charge in [0, 0.05) is 11.1 Å². The van der Waals surface area contributed by atoms with E-state index in [1.165, 1.54) is 6.42 Å². The summed E-state index contributed by atoms with van der Waals surface area (Å²) in [6, 6.07) is -0.00481. The zero-order valence-electron chi connectivity index (χ0n) is 9.45. The molecule has 1 unspecified atom stereocenters. The molecular weight excluding hydrogens is 222 g/mol. The molecule has 0 spiro atoms. The number of aromatic nitrogens is 1. The maximum atomic E-state index is 11.8. The third-order valence-electron chi connectivity index (χ3n) is 2.71. The summed E-state index contributed by atoms with van der Waals surface area (Å²) in [5.41, 5.74) is 1.02. The van der Waals surface area contributed by atoms with E-state index >= 15 is 0 Å². The van der Waals surface area contributed by atoms with E-state index in [2.05, 4.69) is 15.6 Å². The molecule has 2 N–H and O–H groups in total. The predicted molar refractivity (Wildman–Crippen MR) is 64.3 cm³/mol. The number of nitrogens with one attached hydrogen (secondary N) is 2. The molecular formula is C11H17N3OS. The molecule has 2 rings (SSSR count). The van der Waals surface area contributed by atoms with Crippen molar-refractivity contribution in [1.29, 1.82) is 0 Å². The maximum Gasteiger partial charge on any atom is 0.237 e. The molecule has 0 bridgehead atoms. The first-order chi connectivity index (χ1) is 7.75. The number of rotatable bonds is 3. The average molecular weight is 239 g/mol. The molecule has 0 aliphatic carbocycles. The largest absolute Gasteiger partial charge is 0.348 e. The van der Waals surface area contributed by atoms with Crippen LogP contribution >= 0.6 is 11.3 Å². The van der Waals surface area contributed by atoms with Gasteiger partial charge in [-0.2, -0.15) is 0 Å². The summed E-state index contributed by atoms with van der Waals surface area (Å²) in [6.07, 6.45) is 3.26. The van der Waals surface area contributed by atoms with Crippen molar-refractivity contribution < 1.29 is 4.79 Å². The van der Waals surface area contributed by atoms with Crippen molar-refractivity contribution in [2.45, 2.75) is 38.8 Å². The molecule has 1 aliphatic heterocycles. The lowest BCUT2D eigenvalue weighted by Gasteiger charge is -2.22. The number of hydrogen-bond acceptors (Lipinski definition) is 4. The number of amides is 1. The lowest BCUT2D eigenvalue weighted by molar-refractivity contribution is -0.123. The number of hydrogen-bond donors (Lipinski definition) is 2. The Balaban J connectivity index is 1.78. The third-order valence-corrected chi connectivity index (χ3v) is 3.67. The Morgan fingerprint density at radius 3 is 3.19 bits per heavy atom. The monoisotopic (exact) mass is 239 g/mol. The van der Waals surface area contributed by atoms with Crippen molar-refractivity contribution in [3.63, 3.8) is 0 Å². The van der Waals surface area contributed by atoms with Crippen LogP contribution in [-0.4, -0.2) is 23.5 Å². The minimum absolute atomic E-state index is 0.00481. The number of carbonyl (C=O) groups excluding carboxylic acids is 1. The van der Waals surface area contributed by atoms with Crippen LogP contribution in [0.2, 0.25) is 0 Å². The summed E-state index contributed by atoms with van der Waals surface area (Å²) in [5.74, 6) is 0.104. The molecule has 88 valence electrons. The predicted octanol–water partition coefficient (Wildman–Crippen LogP) is 1.21. The van der Waals surface area contributed by atoms with Crippen molar-refractivity contribution in [2.75, 3.05) is 6.54 Å². The molecule has 2 heterocycles. The highest BCUT2D eigenvalue weighted by Crippen LogP contribution is 2.09. The highest BCUT2D eigenvalue weighted by Gasteiger charge is 2.19. The van der Waals surface area contributed by atoms with Gasteiger partial charge in [-0.15, -0.1) is 11.3 Å². The second kappa shape index (κ2) is 5.41. The molecule has 1 aromatic rings. The fourth-order valence-electron chi connectivity index (χ4n) is 1.85. The summed E-state index contributed by atoms with van der Waals surface area (Å²) >= 11 is 1.59. The highest BCUT2D eigenvalue weighted by atomic mass is 32.1. The summed E-state index contributed by atoms with van der Waals surface area (Å²) < 4.78 is 0. The second-order valence-electron chi connectivity index (χ2n) is 4.10. The van der Waals surface area contributed by atoms with Crippen molar-refractivity contribution in [3.8, 4) is 0 Å². The number of carbonyl (C=O) groups is 1. The smallest absolute Gasteiger partial charge is 0.237 e. The highest BCUT2D eigenvalue weighted by molar-refractivity contribution is 7.09. The van der Waals surface area contributed by atoms with E-state index in [9.17, 15) is 4.79 Å². The molecule has 0 radical (unpaired) electrons. The Hall–Kier alpha value is -0.940. The van der Waals surface area contributed by atoms with Crippen molar-refractivity contribution in [3.05, 3.63) is 16.1 Å². The Labute approximate surface area is 99.5 Å². The zero-order chi connectivity index (χ0) is 11.4. The summed E-state index contributed by atoms with van der Waals surface area (Å²) in [4.78, 5) is 16.1. The van der Waals surface area contributed by atoms with Crippen LogP contribution in [0.3, 0.4) is 0 Å². The molecule has 1 saturated heterocycles. The van der Waals surface area contributed by atoms with Gasteiger partial charge in [0.2, 0.25) is 5.91 Å². The number of nitrogens with zero attached hydrogens (tertiary/aromatic N) is 1. The van der Waals surface area contributed by atoms with Crippen LogP contribution in [0.1, 0.15) is 30.0 Å². The van der Waals surface area contributed by atoms with Crippen molar-refractivity contribution in [1.82, 2.24) is 15.6 Å². The van der Waals surface area contributed by atoms with Crippen LogP contribution in [0.4, 0.5) is 0 Å². The molecule has 4 nitrogen and oxygen atoms in total. The van der Waals surface area contributed by atoms with Gasteiger partial charge in [0.15, 0.2) is 0 Å². The van der Waals surface area contributed by atoms with E-state index in [-0.39, 0.29) is 11.9 Å². The fraction of sp³-hybridized carbons (Fsp3) is 0.636. The van der Waals surface area contributed by atoms with Gasteiger partial charge in [0.1, 0.15) is 5.01 Å². The van der Waals surface area contributed by atoms with Gasteiger partial charge in [-0.1, -0.05) is 6.42 Å². The molecule has 0 aromatic carbocycles. The number of aryl methyl sites for hydroxylation is 1. The van der Waals surface area contributed by atoms with E-state index in [4.69, 9.17) is 0 Å². The topological polar surface area (TPSA) is 54.0 Å². The molecule has 1 fully saturated rings. The molecule has 5 heteroatoms. The molecule has 16 heavy (non-hydrogen) atoms. The van der Waals surface area contributed by atoms with Crippen LogP contribution in [0.5, 0.6) is 0 Å². The Morgan fingerprint density at radius 2 is 2.56 bits per heavy atom. The summed E-state index contributed by atoms with van der Waals surface area (Å²) in [7, 11) is 0. The van der Waals surface area contributed by atoms with Crippen LogP contribution in [0, 0.1) is 6.92 Å². The average Bonchev–Trinajstić information content (AvgIpc) is 2.73. The lowest BCUT2D eigenvalue weighted by atomic mass is 10.0. The SMILES string of the molecule is Cc1csc(CNC(=O)C2CCCCN2)n1. The first-order valence-electron chi connectivity index (χ1n) is 5.68. The van der Waals surface area contributed by atoms with E-state index in [1.54, 1.807) is 11.3 Å². The van der Waals surface area contributed by atoms with E-state index in [0.717, 1.165) is 30.1 Å². The maximum absolute atomic E-state index is 11.8. The summed E-state index contributed by atoms with van der Waals surface area (Å²) in [6.45, 7) is 3.47. The standard InChI is InChI=1S/C11H17N3OS/c1-8-7-16-10(14-8)6-13-11(15)9-4-2-3-5-12-9/h7,9,12H,2-6H2,1H3,(H,13,15). The van der Waals surface area contributed by atoms with E-state index in [1.807, 2.05) is 12.3 Å². The van der Waals surface area contributed by atoms with Crippen LogP contribution in [0.25, 0.3) is 0 Å². The Kier molecular flexibility index (Phi) is 3.90. The van der Waals surface area contributed by atoms with Gasteiger partial charge in [-0.3, -0.25) is 4.79 Å². The molecule has 0 saturated carbocycles. The van der Waals surface area contributed by atoms with Crippen LogP contribution in [0.15, 0.2) is 5.38 Å². The molecule has 1 amide bonds. The van der Waals surface area contributed by atoms with Gasteiger partial charge >= 0.3 is 0 Å². The third kappa shape index (κ3) is 3.02. The van der Waals surface area contributed by atoms with Gasteiger partial charge in [0.05, 0.1) is 12.6 Å². The van der Waals surface area contributed by atoms with Gasteiger partial charge in [0.25, 0.3) is 0 Å². The van der Waals surface area contributed by atoms with Crippen molar-refractivity contribution >= 4 is 17.2 Å². The lowest BCUT2D eigenvalue weighted by Crippen LogP contribution is -2.46. The van der Waals surface area contributed by atoms with Crippen molar-refractivity contribution in [2.24, 2.45) is 0 Å². The first-order valence-corrected chi connectivity index (χ1v) is 6.56.